The third-order valence-corrected chi connectivity index (χ3v) is 5.80. The normalized spacial score (nSPS) is 12.2. The highest BCUT2D eigenvalue weighted by atomic mass is 127. The van der Waals surface area contributed by atoms with E-state index in [1.165, 1.54) is 11.3 Å². The minimum Gasteiger partial charge on any atom is -0.462 e. The summed E-state index contributed by atoms with van der Waals surface area (Å²) in [5, 5.41) is 3.77. The van der Waals surface area contributed by atoms with Gasteiger partial charge in [0.15, 0.2) is 0 Å². The standard InChI is InChI=1S/C18H18IN3O3S/c1-4-25-18(24)14-9(2)13-16(23)21-15(22-17(13)26-14)10(3)20-12-7-5-11(19)6-8-12/h5-8,10,20H,4H2,1-3H3,(H,21,22,23). The Balaban J connectivity index is 1.96. The molecule has 0 bridgehead atoms. The number of hydrogen-bond donors (Lipinski definition) is 2. The number of ether oxygens (including phenoxy) is 1. The molecule has 0 aliphatic carbocycles. The molecule has 0 radical (unpaired) electrons. The molecule has 1 unspecified atom stereocenters. The Bertz CT molecular complexity index is 1010. The highest BCUT2D eigenvalue weighted by Gasteiger charge is 2.21. The van der Waals surface area contributed by atoms with Gasteiger partial charge in [0.25, 0.3) is 5.56 Å². The summed E-state index contributed by atoms with van der Waals surface area (Å²) in [5.74, 6) is 0.108. The van der Waals surface area contributed by atoms with Crippen LogP contribution in [0, 0.1) is 10.5 Å². The van der Waals surface area contributed by atoms with E-state index in [2.05, 4.69) is 37.9 Å². The number of anilines is 1. The van der Waals surface area contributed by atoms with E-state index in [0.29, 0.717) is 33.1 Å². The quantitative estimate of drug-likeness (QED) is 0.419. The number of fused-ring (bicyclic) bond motifs is 1. The number of aromatic nitrogens is 2. The number of carbonyl (C=O) groups excluding carboxylic acids is 1. The van der Waals surface area contributed by atoms with Crippen LogP contribution in [0.3, 0.4) is 0 Å². The number of rotatable bonds is 5. The smallest absolute Gasteiger partial charge is 0.348 e. The fraction of sp³-hybridized carbons (Fsp3) is 0.278. The van der Waals surface area contributed by atoms with Crippen molar-refractivity contribution in [1.29, 1.82) is 0 Å². The Morgan fingerprint density at radius 1 is 1.38 bits per heavy atom. The molecular formula is C18H18IN3O3S. The summed E-state index contributed by atoms with van der Waals surface area (Å²) >= 11 is 3.44. The third kappa shape index (κ3) is 3.75. The van der Waals surface area contributed by atoms with Crippen molar-refractivity contribution in [3.63, 3.8) is 0 Å². The number of hydrogen-bond acceptors (Lipinski definition) is 6. The first-order valence-electron chi connectivity index (χ1n) is 8.13. The van der Waals surface area contributed by atoms with Crippen LogP contribution in [0.5, 0.6) is 0 Å². The number of aryl methyl sites for hydroxylation is 1. The molecule has 0 aliphatic rings. The third-order valence-electron chi connectivity index (χ3n) is 3.92. The van der Waals surface area contributed by atoms with Crippen molar-refractivity contribution in [2.24, 2.45) is 0 Å². The van der Waals surface area contributed by atoms with Crippen molar-refractivity contribution in [1.82, 2.24) is 9.97 Å². The number of thiophene rings is 1. The van der Waals surface area contributed by atoms with Crippen LogP contribution in [0.2, 0.25) is 0 Å². The van der Waals surface area contributed by atoms with Crippen LogP contribution < -0.4 is 10.9 Å². The van der Waals surface area contributed by atoms with Gasteiger partial charge in [-0.2, -0.15) is 0 Å². The van der Waals surface area contributed by atoms with Crippen LogP contribution in [0.1, 0.15) is 40.9 Å². The predicted octanol–water partition coefficient (Wildman–Crippen LogP) is 4.25. The number of benzene rings is 1. The summed E-state index contributed by atoms with van der Waals surface area (Å²) in [5.41, 5.74) is 1.31. The number of nitrogens with zero attached hydrogens (tertiary/aromatic N) is 1. The summed E-state index contributed by atoms with van der Waals surface area (Å²) in [6, 6.07) is 7.76. The van der Waals surface area contributed by atoms with Crippen molar-refractivity contribution < 1.29 is 9.53 Å². The van der Waals surface area contributed by atoms with Gasteiger partial charge in [0.05, 0.1) is 18.0 Å². The second-order valence-electron chi connectivity index (χ2n) is 5.78. The highest BCUT2D eigenvalue weighted by molar-refractivity contribution is 14.1. The van der Waals surface area contributed by atoms with Crippen molar-refractivity contribution in [2.45, 2.75) is 26.8 Å². The van der Waals surface area contributed by atoms with Crippen LogP contribution >= 0.6 is 33.9 Å². The van der Waals surface area contributed by atoms with E-state index in [-0.39, 0.29) is 11.6 Å². The van der Waals surface area contributed by atoms with Gasteiger partial charge in [0.1, 0.15) is 15.5 Å². The Kier molecular flexibility index (Phi) is 5.61. The largest absolute Gasteiger partial charge is 0.462 e. The Labute approximate surface area is 168 Å². The van der Waals surface area contributed by atoms with Crippen LogP contribution in [-0.4, -0.2) is 22.5 Å². The monoisotopic (exact) mass is 483 g/mol. The molecule has 0 fully saturated rings. The van der Waals surface area contributed by atoms with Gasteiger partial charge in [-0.25, -0.2) is 9.78 Å². The maximum atomic E-state index is 12.5. The van der Waals surface area contributed by atoms with Crippen LogP contribution in [-0.2, 0) is 4.74 Å². The maximum absolute atomic E-state index is 12.5. The van der Waals surface area contributed by atoms with E-state index in [4.69, 9.17) is 4.74 Å². The van der Waals surface area contributed by atoms with E-state index >= 15 is 0 Å². The molecule has 3 rings (SSSR count). The second-order valence-corrected chi connectivity index (χ2v) is 8.03. The molecule has 136 valence electrons. The molecule has 1 atom stereocenters. The molecule has 1 aromatic carbocycles. The Hall–Kier alpha value is -1.94. The molecule has 0 saturated carbocycles. The number of esters is 1. The minimum atomic E-state index is -0.418. The zero-order chi connectivity index (χ0) is 18.8. The van der Waals surface area contributed by atoms with Crippen LogP contribution in [0.15, 0.2) is 29.1 Å². The van der Waals surface area contributed by atoms with E-state index < -0.39 is 5.97 Å². The lowest BCUT2D eigenvalue weighted by Crippen LogP contribution is -2.17. The van der Waals surface area contributed by atoms with Crippen molar-refractivity contribution in [3.8, 4) is 0 Å². The number of halogens is 1. The summed E-state index contributed by atoms with van der Waals surface area (Å²) in [6.07, 6.45) is 0. The summed E-state index contributed by atoms with van der Waals surface area (Å²) in [6.45, 7) is 5.71. The van der Waals surface area contributed by atoms with Crippen molar-refractivity contribution >= 4 is 55.8 Å². The van der Waals surface area contributed by atoms with E-state index in [1.54, 1.807) is 13.8 Å². The molecule has 0 spiro atoms. The minimum absolute atomic E-state index is 0.194. The molecule has 8 heteroatoms. The lowest BCUT2D eigenvalue weighted by atomic mass is 10.2. The van der Waals surface area contributed by atoms with Gasteiger partial charge in [-0.1, -0.05) is 0 Å². The van der Waals surface area contributed by atoms with Gasteiger partial charge in [-0.05, 0) is 73.2 Å². The van der Waals surface area contributed by atoms with E-state index in [9.17, 15) is 9.59 Å². The first-order chi connectivity index (χ1) is 12.4. The number of H-pyrrole nitrogens is 1. The van der Waals surface area contributed by atoms with Gasteiger partial charge in [0.2, 0.25) is 0 Å². The molecule has 0 aliphatic heterocycles. The molecule has 2 heterocycles. The fourth-order valence-electron chi connectivity index (χ4n) is 2.62. The van der Waals surface area contributed by atoms with Crippen molar-refractivity contribution in [3.05, 3.63) is 54.5 Å². The number of nitrogens with one attached hydrogen (secondary N) is 2. The lowest BCUT2D eigenvalue weighted by Gasteiger charge is -2.14. The van der Waals surface area contributed by atoms with Crippen LogP contribution in [0.4, 0.5) is 5.69 Å². The molecule has 6 nitrogen and oxygen atoms in total. The summed E-state index contributed by atoms with van der Waals surface area (Å²) in [4.78, 5) is 33.0. The zero-order valence-electron chi connectivity index (χ0n) is 14.6. The van der Waals surface area contributed by atoms with Gasteiger partial charge in [0, 0.05) is 9.26 Å². The van der Waals surface area contributed by atoms with Gasteiger partial charge in [-0.15, -0.1) is 11.3 Å². The van der Waals surface area contributed by atoms with Gasteiger partial charge < -0.3 is 15.0 Å². The topological polar surface area (TPSA) is 84.1 Å². The van der Waals surface area contributed by atoms with Gasteiger partial charge >= 0.3 is 5.97 Å². The molecule has 2 aromatic heterocycles. The maximum Gasteiger partial charge on any atom is 0.348 e. The van der Waals surface area contributed by atoms with E-state index in [0.717, 1.165) is 9.26 Å². The summed E-state index contributed by atoms with van der Waals surface area (Å²) in [7, 11) is 0. The Morgan fingerprint density at radius 2 is 2.08 bits per heavy atom. The molecule has 2 N–H and O–H groups in total. The Morgan fingerprint density at radius 3 is 2.73 bits per heavy atom. The summed E-state index contributed by atoms with van der Waals surface area (Å²) < 4.78 is 6.21. The average Bonchev–Trinajstić information content (AvgIpc) is 2.94. The second kappa shape index (κ2) is 7.75. The highest BCUT2D eigenvalue weighted by Crippen LogP contribution is 2.28. The van der Waals surface area contributed by atoms with E-state index in [1.807, 2.05) is 31.2 Å². The molecule has 26 heavy (non-hydrogen) atoms. The molecular weight excluding hydrogens is 465 g/mol. The number of aromatic amines is 1. The SMILES string of the molecule is CCOC(=O)c1sc2nc(C(C)Nc3ccc(I)cc3)[nH]c(=O)c2c1C. The average molecular weight is 483 g/mol. The fourth-order valence-corrected chi connectivity index (χ4v) is 4.06. The molecule has 0 amide bonds. The van der Waals surface area contributed by atoms with Gasteiger partial charge in [-0.3, -0.25) is 4.79 Å². The number of carbonyl (C=O) groups is 1. The lowest BCUT2D eigenvalue weighted by molar-refractivity contribution is 0.0531. The first kappa shape index (κ1) is 18.8. The first-order valence-corrected chi connectivity index (χ1v) is 10.0. The van der Waals surface area contributed by atoms with Crippen LogP contribution in [0.25, 0.3) is 10.2 Å². The molecule has 3 aromatic rings. The zero-order valence-corrected chi connectivity index (χ0v) is 17.5. The molecule has 0 saturated heterocycles. The van der Waals surface area contributed by atoms with Crippen molar-refractivity contribution in [2.75, 3.05) is 11.9 Å². The predicted molar refractivity (Wildman–Crippen MR) is 112 cm³/mol.